The maximum atomic E-state index is 9.21. The van der Waals surface area contributed by atoms with E-state index in [1.165, 1.54) is 18.4 Å². The molecule has 72 valence electrons. The van der Waals surface area contributed by atoms with Gasteiger partial charge in [-0.15, -0.1) is 0 Å². The van der Waals surface area contributed by atoms with E-state index in [9.17, 15) is 5.11 Å². The summed E-state index contributed by atoms with van der Waals surface area (Å²) in [5, 5.41) is 9.21. The van der Waals surface area contributed by atoms with Gasteiger partial charge in [-0.05, 0) is 12.0 Å². The molecule has 0 spiro atoms. The molecule has 1 N–H and O–H groups in total. The molecule has 0 aromatic heterocycles. The molecule has 0 fully saturated rings. The second kappa shape index (κ2) is 5.76. The molecular weight excluding hydrogens is 160 g/mol. The molecule has 13 heavy (non-hydrogen) atoms. The second-order valence-electron chi connectivity index (χ2n) is 3.43. The Morgan fingerprint density at radius 1 is 1.23 bits per heavy atom. The van der Waals surface area contributed by atoms with Crippen molar-refractivity contribution in [1.82, 2.24) is 0 Å². The zero-order chi connectivity index (χ0) is 9.52. The summed E-state index contributed by atoms with van der Waals surface area (Å²) in [6.45, 7) is 2.45. The molecule has 0 heterocycles. The largest absolute Gasteiger partial charge is 0.396 e. The van der Waals surface area contributed by atoms with E-state index in [0.717, 1.165) is 6.42 Å². The highest BCUT2D eigenvalue weighted by molar-refractivity contribution is 5.19. The molecule has 1 rings (SSSR count). The molecule has 0 bridgehead atoms. The minimum atomic E-state index is 0.268. The van der Waals surface area contributed by atoms with E-state index >= 15 is 0 Å². The molecule has 0 saturated carbocycles. The Hall–Kier alpha value is -0.820. The lowest BCUT2D eigenvalue weighted by atomic mass is 9.95. The molecule has 0 aliphatic heterocycles. The van der Waals surface area contributed by atoms with Gasteiger partial charge in [-0.3, -0.25) is 0 Å². The Kier molecular flexibility index (Phi) is 4.55. The van der Waals surface area contributed by atoms with Crippen molar-refractivity contribution in [2.75, 3.05) is 6.61 Å². The summed E-state index contributed by atoms with van der Waals surface area (Å²) in [7, 11) is 0. The molecule has 1 aromatic carbocycles. The normalized spacial score (nSPS) is 12.8. The summed E-state index contributed by atoms with van der Waals surface area (Å²) in [6.07, 6.45) is 3.49. The van der Waals surface area contributed by atoms with Crippen molar-refractivity contribution < 1.29 is 5.11 Å². The topological polar surface area (TPSA) is 20.2 Å². The van der Waals surface area contributed by atoms with Gasteiger partial charge >= 0.3 is 0 Å². The molecule has 1 heteroatoms. The fourth-order valence-electron chi connectivity index (χ4n) is 1.54. The summed E-state index contributed by atoms with van der Waals surface area (Å²) >= 11 is 0. The van der Waals surface area contributed by atoms with Crippen LogP contribution in [0.15, 0.2) is 30.3 Å². The van der Waals surface area contributed by atoms with Crippen LogP contribution >= 0.6 is 0 Å². The third-order valence-electron chi connectivity index (χ3n) is 2.40. The maximum absolute atomic E-state index is 9.21. The van der Waals surface area contributed by atoms with Crippen LogP contribution < -0.4 is 0 Å². The highest BCUT2D eigenvalue weighted by Gasteiger charge is 2.08. The van der Waals surface area contributed by atoms with Crippen molar-refractivity contribution in [2.24, 2.45) is 0 Å². The first kappa shape index (κ1) is 10.3. The standard InChI is InChI=1S/C12H18O/c1-2-3-7-12(10-13)11-8-5-4-6-9-11/h4-6,8-9,12-13H,2-3,7,10H2,1H3/t12-/m0/s1. The summed E-state index contributed by atoms with van der Waals surface area (Å²) in [6, 6.07) is 10.3. The molecule has 0 aliphatic carbocycles. The minimum Gasteiger partial charge on any atom is -0.396 e. The predicted molar refractivity (Wildman–Crippen MR) is 55.8 cm³/mol. The van der Waals surface area contributed by atoms with Crippen molar-refractivity contribution in [3.63, 3.8) is 0 Å². The van der Waals surface area contributed by atoms with Crippen LogP contribution in [0.3, 0.4) is 0 Å². The van der Waals surface area contributed by atoms with E-state index in [1.54, 1.807) is 0 Å². The van der Waals surface area contributed by atoms with E-state index < -0.39 is 0 Å². The van der Waals surface area contributed by atoms with E-state index in [4.69, 9.17) is 0 Å². The zero-order valence-electron chi connectivity index (χ0n) is 8.24. The SMILES string of the molecule is CCCC[C@@H](CO)c1ccccc1. The first-order valence-corrected chi connectivity index (χ1v) is 5.04. The lowest BCUT2D eigenvalue weighted by molar-refractivity contribution is 0.257. The number of aliphatic hydroxyl groups excluding tert-OH is 1. The highest BCUT2D eigenvalue weighted by atomic mass is 16.3. The quantitative estimate of drug-likeness (QED) is 0.735. The number of rotatable bonds is 5. The third kappa shape index (κ3) is 3.19. The van der Waals surface area contributed by atoms with Crippen LogP contribution in [-0.4, -0.2) is 11.7 Å². The van der Waals surface area contributed by atoms with Gasteiger partial charge in [0.1, 0.15) is 0 Å². The van der Waals surface area contributed by atoms with Crippen LogP contribution in [0.5, 0.6) is 0 Å². The Morgan fingerprint density at radius 2 is 1.92 bits per heavy atom. The number of aliphatic hydroxyl groups is 1. The van der Waals surface area contributed by atoms with Crippen LogP contribution in [-0.2, 0) is 0 Å². The molecular formula is C12H18O. The van der Waals surface area contributed by atoms with Crippen LogP contribution in [0.4, 0.5) is 0 Å². The molecule has 0 amide bonds. The van der Waals surface area contributed by atoms with Crippen molar-refractivity contribution in [3.8, 4) is 0 Å². The van der Waals surface area contributed by atoms with E-state index in [2.05, 4.69) is 19.1 Å². The molecule has 1 aromatic rings. The van der Waals surface area contributed by atoms with E-state index in [-0.39, 0.29) is 6.61 Å². The Balaban J connectivity index is 2.56. The zero-order valence-corrected chi connectivity index (χ0v) is 8.24. The van der Waals surface area contributed by atoms with Gasteiger partial charge in [-0.2, -0.15) is 0 Å². The molecule has 0 aliphatic rings. The van der Waals surface area contributed by atoms with Gasteiger partial charge < -0.3 is 5.11 Å². The van der Waals surface area contributed by atoms with E-state index in [0.29, 0.717) is 5.92 Å². The second-order valence-corrected chi connectivity index (χ2v) is 3.43. The van der Waals surface area contributed by atoms with Gasteiger partial charge in [0.15, 0.2) is 0 Å². The van der Waals surface area contributed by atoms with Gasteiger partial charge in [-0.1, -0.05) is 50.1 Å². The van der Waals surface area contributed by atoms with Gasteiger partial charge in [0.2, 0.25) is 0 Å². The maximum Gasteiger partial charge on any atom is 0.0499 e. The summed E-state index contributed by atoms with van der Waals surface area (Å²) < 4.78 is 0. The highest BCUT2D eigenvalue weighted by Crippen LogP contribution is 2.20. The molecule has 0 radical (unpaired) electrons. The first-order valence-electron chi connectivity index (χ1n) is 5.04. The molecule has 1 atom stereocenters. The average molecular weight is 178 g/mol. The summed E-state index contributed by atoms with van der Waals surface area (Å²) in [4.78, 5) is 0. The number of unbranched alkanes of at least 4 members (excludes halogenated alkanes) is 1. The first-order chi connectivity index (χ1) is 6.38. The Bertz CT molecular complexity index is 218. The number of hydrogen-bond donors (Lipinski definition) is 1. The fourth-order valence-corrected chi connectivity index (χ4v) is 1.54. The van der Waals surface area contributed by atoms with Crippen LogP contribution in [0.2, 0.25) is 0 Å². The Morgan fingerprint density at radius 3 is 2.46 bits per heavy atom. The van der Waals surface area contributed by atoms with Crippen molar-refractivity contribution >= 4 is 0 Å². The molecule has 1 nitrogen and oxygen atoms in total. The lowest BCUT2D eigenvalue weighted by Gasteiger charge is -2.13. The fraction of sp³-hybridized carbons (Fsp3) is 0.500. The lowest BCUT2D eigenvalue weighted by Crippen LogP contribution is -2.03. The summed E-state index contributed by atoms with van der Waals surface area (Å²) in [5.41, 5.74) is 1.26. The summed E-state index contributed by atoms with van der Waals surface area (Å²) in [5.74, 6) is 0.334. The van der Waals surface area contributed by atoms with E-state index in [1.807, 2.05) is 18.2 Å². The van der Waals surface area contributed by atoms with Crippen molar-refractivity contribution in [3.05, 3.63) is 35.9 Å². The van der Waals surface area contributed by atoms with Crippen LogP contribution in [0.25, 0.3) is 0 Å². The van der Waals surface area contributed by atoms with Crippen LogP contribution in [0.1, 0.15) is 37.7 Å². The minimum absolute atomic E-state index is 0.268. The third-order valence-corrected chi connectivity index (χ3v) is 2.40. The van der Waals surface area contributed by atoms with Crippen molar-refractivity contribution in [2.45, 2.75) is 32.1 Å². The predicted octanol–water partition coefficient (Wildman–Crippen LogP) is 2.95. The average Bonchev–Trinajstić information content (AvgIpc) is 2.21. The van der Waals surface area contributed by atoms with Crippen LogP contribution in [0, 0.1) is 0 Å². The monoisotopic (exact) mass is 178 g/mol. The Labute approximate surface area is 80.4 Å². The number of benzene rings is 1. The van der Waals surface area contributed by atoms with Gasteiger partial charge in [0.25, 0.3) is 0 Å². The smallest absolute Gasteiger partial charge is 0.0499 e. The molecule has 0 saturated heterocycles. The van der Waals surface area contributed by atoms with Crippen molar-refractivity contribution in [1.29, 1.82) is 0 Å². The number of hydrogen-bond acceptors (Lipinski definition) is 1. The van der Waals surface area contributed by atoms with Gasteiger partial charge in [0.05, 0.1) is 0 Å². The molecule has 0 unspecified atom stereocenters. The van der Waals surface area contributed by atoms with Gasteiger partial charge in [-0.25, -0.2) is 0 Å². The van der Waals surface area contributed by atoms with Gasteiger partial charge in [0, 0.05) is 12.5 Å².